The van der Waals surface area contributed by atoms with Crippen LogP contribution >= 0.6 is 0 Å². The number of para-hydroxylation sites is 1. The highest BCUT2D eigenvalue weighted by atomic mass is 16.6. The Kier molecular flexibility index (Phi) is 5.58. The molecule has 0 saturated carbocycles. The molecule has 0 saturated heterocycles. The third-order valence-corrected chi connectivity index (χ3v) is 3.85. The molecule has 26 heavy (non-hydrogen) atoms. The molecule has 2 amide bonds. The Hall–Kier alpha value is -3.22. The maximum absolute atomic E-state index is 11.9. The van der Waals surface area contributed by atoms with Crippen molar-refractivity contribution < 1.29 is 23.8 Å². The van der Waals surface area contributed by atoms with Crippen LogP contribution in [0.1, 0.15) is 15.9 Å². The van der Waals surface area contributed by atoms with E-state index in [0.29, 0.717) is 31.9 Å². The fourth-order valence-electron chi connectivity index (χ4n) is 2.58. The molecule has 7 nitrogen and oxygen atoms in total. The highest BCUT2D eigenvalue weighted by molar-refractivity contribution is 5.95. The van der Waals surface area contributed by atoms with E-state index in [-0.39, 0.29) is 18.1 Å². The van der Waals surface area contributed by atoms with Crippen LogP contribution < -0.4 is 25.3 Å². The Morgan fingerprint density at radius 1 is 1.08 bits per heavy atom. The number of carbonyl (C=O) groups is 2. The van der Waals surface area contributed by atoms with Crippen LogP contribution in [0, 0.1) is 0 Å². The molecular formula is C19H20N2O5. The quantitative estimate of drug-likeness (QED) is 0.779. The molecule has 2 aromatic rings. The second kappa shape index (κ2) is 8.24. The molecular weight excluding hydrogens is 336 g/mol. The number of rotatable bonds is 7. The highest BCUT2D eigenvalue weighted by Crippen LogP contribution is 2.30. The first-order valence-corrected chi connectivity index (χ1v) is 8.30. The largest absolute Gasteiger partial charge is 0.486 e. The van der Waals surface area contributed by atoms with Crippen molar-refractivity contribution in [1.82, 2.24) is 5.32 Å². The number of amides is 2. The van der Waals surface area contributed by atoms with E-state index >= 15 is 0 Å². The number of hydrogen-bond donors (Lipinski definition) is 2. The van der Waals surface area contributed by atoms with Gasteiger partial charge in [-0.3, -0.25) is 9.59 Å². The molecule has 3 rings (SSSR count). The van der Waals surface area contributed by atoms with Gasteiger partial charge in [-0.05, 0) is 36.2 Å². The summed E-state index contributed by atoms with van der Waals surface area (Å²) < 4.78 is 16.4. The number of benzene rings is 2. The van der Waals surface area contributed by atoms with Gasteiger partial charge in [0.05, 0.1) is 5.56 Å². The molecule has 0 atom stereocenters. The average Bonchev–Trinajstić information content (AvgIpc) is 2.66. The molecule has 7 heteroatoms. The Bertz CT molecular complexity index is 806. The smallest absolute Gasteiger partial charge is 0.257 e. The third kappa shape index (κ3) is 4.44. The van der Waals surface area contributed by atoms with Gasteiger partial charge in [0, 0.05) is 6.54 Å². The lowest BCUT2D eigenvalue weighted by molar-refractivity contribution is -0.123. The zero-order chi connectivity index (χ0) is 18.4. The van der Waals surface area contributed by atoms with E-state index in [1.807, 2.05) is 18.2 Å². The molecule has 1 aliphatic heterocycles. The van der Waals surface area contributed by atoms with Crippen molar-refractivity contribution in [2.75, 3.05) is 26.4 Å². The fourth-order valence-corrected chi connectivity index (χ4v) is 2.58. The normalized spacial score (nSPS) is 12.3. The highest BCUT2D eigenvalue weighted by Gasteiger charge is 2.12. The average molecular weight is 356 g/mol. The Balaban J connectivity index is 1.45. The lowest BCUT2D eigenvalue weighted by Gasteiger charge is -2.18. The van der Waals surface area contributed by atoms with E-state index in [4.69, 9.17) is 19.9 Å². The first-order chi connectivity index (χ1) is 12.6. The molecule has 1 heterocycles. The Labute approximate surface area is 151 Å². The van der Waals surface area contributed by atoms with Crippen molar-refractivity contribution in [3.8, 4) is 17.2 Å². The minimum absolute atomic E-state index is 0.189. The monoisotopic (exact) mass is 356 g/mol. The first kappa shape index (κ1) is 17.6. The van der Waals surface area contributed by atoms with Gasteiger partial charge in [-0.1, -0.05) is 18.2 Å². The first-order valence-electron chi connectivity index (χ1n) is 8.30. The van der Waals surface area contributed by atoms with Crippen LogP contribution in [-0.4, -0.2) is 38.2 Å². The zero-order valence-corrected chi connectivity index (χ0v) is 14.2. The summed E-state index contributed by atoms with van der Waals surface area (Å²) in [5.41, 5.74) is 6.56. The van der Waals surface area contributed by atoms with Gasteiger partial charge in [0.2, 0.25) is 0 Å². The fraction of sp³-hybridized carbons (Fsp3) is 0.263. The summed E-state index contributed by atoms with van der Waals surface area (Å²) in [6.45, 7) is 1.36. The molecule has 0 unspecified atom stereocenters. The predicted octanol–water partition coefficient (Wildman–Crippen LogP) is 1.29. The second-order valence-corrected chi connectivity index (χ2v) is 5.73. The van der Waals surface area contributed by atoms with Gasteiger partial charge in [0.1, 0.15) is 19.0 Å². The minimum Gasteiger partial charge on any atom is -0.486 e. The summed E-state index contributed by atoms with van der Waals surface area (Å²) in [6, 6.07) is 12.3. The lowest BCUT2D eigenvalue weighted by atomic mass is 10.1. The van der Waals surface area contributed by atoms with E-state index in [9.17, 15) is 9.59 Å². The summed E-state index contributed by atoms with van der Waals surface area (Å²) in [5, 5.41) is 2.78. The molecule has 0 fully saturated rings. The lowest BCUT2D eigenvalue weighted by Crippen LogP contribution is -2.31. The second-order valence-electron chi connectivity index (χ2n) is 5.73. The number of carbonyl (C=O) groups excluding carboxylic acids is 2. The minimum atomic E-state index is -0.598. The zero-order valence-electron chi connectivity index (χ0n) is 14.2. The van der Waals surface area contributed by atoms with Crippen molar-refractivity contribution in [2.24, 2.45) is 5.73 Å². The summed E-state index contributed by atoms with van der Waals surface area (Å²) in [6.07, 6.45) is 0.653. The summed E-state index contributed by atoms with van der Waals surface area (Å²) in [4.78, 5) is 23.2. The number of primary amides is 1. The molecule has 3 N–H and O–H groups in total. The van der Waals surface area contributed by atoms with Gasteiger partial charge in [-0.15, -0.1) is 0 Å². The van der Waals surface area contributed by atoms with Crippen LogP contribution in [0.3, 0.4) is 0 Å². The summed E-state index contributed by atoms with van der Waals surface area (Å²) in [7, 11) is 0. The van der Waals surface area contributed by atoms with Crippen molar-refractivity contribution in [3.05, 3.63) is 53.6 Å². The molecule has 2 aromatic carbocycles. The van der Waals surface area contributed by atoms with E-state index in [2.05, 4.69) is 5.32 Å². The predicted molar refractivity (Wildman–Crippen MR) is 94.6 cm³/mol. The number of ether oxygens (including phenoxy) is 3. The maximum Gasteiger partial charge on any atom is 0.257 e. The molecule has 136 valence electrons. The maximum atomic E-state index is 11.9. The molecule has 0 aliphatic carbocycles. The third-order valence-electron chi connectivity index (χ3n) is 3.85. The number of fused-ring (bicyclic) bond motifs is 1. The van der Waals surface area contributed by atoms with Gasteiger partial charge >= 0.3 is 0 Å². The van der Waals surface area contributed by atoms with Crippen LogP contribution in [0.2, 0.25) is 0 Å². The molecule has 0 spiro atoms. The number of nitrogens with two attached hydrogens (primary N) is 1. The van der Waals surface area contributed by atoms with Crippen LogP contribution in [0.5, 0.6) is 17.2 Å². The summed E-state index contributed by atoms with van der Waals surface area (Å²) >= 11 is 0. The van der Waals surface area contributed by atoms with Gasteiger partial charge in [0.25, 0.3) is 11.8 Å². The standard InChI is InChI=1S/C19H20N2O5/c20-19(23)14-3-1-2-4-15(14)26-12-18(22)21-8-7-13-5-6-16-17(11-13)25-10-9-24-16/h1-6,11H,7-10,12H2,(H2,20,23)(H,21,22). The van der Waals surface area contributed by atoms with E-state index in [1.54, 1.807) is 24.3 Å². The number of nitrogens with one attached hydrogen (secondary N) is 1. The van der Waals surface area contributed by atoms with Crippen LogP contribution in [0.25, 0.3) is 0 Å². The van der Waals surface area contributed by atoms with Gasteiger partial charge in [-0.2, -0.15) is 0 Å². The molecule has 0 aromatic heterocycles. The van der Waals surface area contributed by atoms with Crippen molar-refractivity contribution >= 4 is 11.8 Å². The summed E-state index contributed by atoms with van der Waals surface area (Å²) in [5.74, 6) is 0.889. The van der Waals surface area contributed by atoms with Crippen LogP contribution in [0.4, 0.5) is 0 Å². The van der Waals surface area contributed by atoms with E-state index in [0.717, 1.165) is 17.1 Å². The van der Waals surface area contributed by atoms with E-state index < -0.39 is 5.91 Å². The van der Waals surface area contributed by atoms with Crippen molar-refractivity contribution in [1.29, 1.82) is 0 Å². The molecule has 1 aliphatic rings. The molecule has 0 radical (unpaired) electrons. The van der Waals surface area contributed by atoms with Crippen LogP contribution in [-0.2, 0) is 11.2 Å². The topological polar surface area (TPSA) is 99.9 Å². The Morgan fingerprint density at radius 3 is 2.65 bits per heavy atom. The SMILES string of the molecule is NC(=O)c1ccccc1OCC(=O)NCCc1ccc2c(c1)OCCO2. The van der Waals surface area contributed by atoms with E-state index in [1.165, 1.54) is 0 Å². The van der Waals surface area contributed by atoms with Gasteiger partial charge < -0.3 is 25.3 Å². The van der Waals surface area contributed by atoms with Crippen LogP contribution in [0.15, 0.2) is 42.5 Å². The number of hydrogen-bond acceptors (Lipinski definition) is 5. The Morgan fingerprint density at radius 2 is 1.85 bits per heavy atom. The van der Waals surface area contributed by atoms with Crippen molar-refractivity contribution in [3.63, 3.8) is 0 Å². The van der Waals surface area contributed by atoms with Gasteiger partial charge in [0.15, 0.2) is 18.1 Å². The van der Waals surface area contributed by atoms with Gasteiger partial charge in [-0.25, -0.2) is 0 Å². The molecule has 0 bridgehead atoms. The van der Waals surface area contributed by atoms with Crippen molar-refractivity contribution in [2.45, 2.75) is 6.42 Å².